The largest absolute Gasteiger partial charge is 0.396 e. The standard InChI is InChI=1S/C9H19NO5/c1-5(12)8(10-6(2)13)9(15)7(14)3-4-11/h5,7-9,11-12,14-15H,3-4H2,1-2H3,(H,10,13)/t5?,7-,8?,9?/m1/s1. The predicted molar refractivity (Wildman–Crippen MR) is 53.0 cm³/mol. The Labute approximate surface area is 88.5 Å². The van der Waals surface area contributed by atoms with Crippen molar-refractivity contribution in [3.63, 3.8) is 0 Å². The monoisotopic (exact) mass is 221 g/mol. The van der Waals surface area contributed by atoms with Crippen molar-refractivity contribution < 1.29 is 25.2 Å². The fraction of sp³-hybridized carbons (Fsp3) is 0.889. The first-order valence-corrected chi connectivity index (χ1v) is 4.82. The maximum absolute atomic E-state index is 10.8. The van der Waals surface area contributed by atoms with Crippen LogP contribution >= 0.6 is 0 Å². The lowest BCUT2D eigenvalue weighted by molar-refractivity contribution is -0.123. The van der Waals surface area contributed by atoms with Gasteiger partial charge in [0.2, 0.25) is 5.91 Å². The molecule has 1 amide bonds. The van der Waals surface area contributed by atoms with Gasteiger partial charge in [0.15, 0.2) is 0 Å². The van der Waals surface area contributed by atoms with Gasteiger partial charge in [0, 0.05) is 13.5 Å². The molecule has 90 valence electrons. The molecule has 0 saturated carbocycles. The smallest absolute Gasteiger partial charge is 0.217 e. The van der Waals surface area contributed by atoms with E-state index in [4.69, 9.17) is 5.11 Å². The lowest BCUT2D eigenvalue weighted by atomic mass is 9.99. The van der Waals surface area contributed by atoms with Crippen molar-refractivity contribution >= 4 is 5.91 Å². The molecule has 3 unspecified atom stereocenters. The van der Waals surface area contributed by atoms with Gasteiger partial charge in [-0.2, -0.15) is 0 Å². The number of hydrogen-bond acceptors (Lipinski definition) is 5. The molecular weight excluding hydrogens is 202 g/mol. The second-order valence-electron chi connectivity index (χ2n) is 3.54. The van der Waals surface area contributed by atoms with Gasteiger partial charge in [0.1, 0.15) is 6.10 Å². The lowest BCUT2D eigenvalue weighted by Crippen LogP contribution is -2.53. The molecule has 6 heteroatoms. The van der Waals surface area contributed by atoms with E-state index in [1.165, 1.54) is 13.8 Å². The SMILES string of the molecule is CC(=O)NC(C(C)O)C(O)[C@H](O)CCO. The van der Waals surface area contributed by atoms with Gasteiger partial charge < -0.3 is 25.7 Å². The van der Waals surface area contributed by atoms with E-state index < -0.39 is 30.3 Å². The third-order valence-electron chi connectivity index (χ3n) is 2.08. The quantitative estimate of drug-likeness (QED) is 0.355. The zero-order chi connectivity index (χ0) is 12.0. The Hall–Kier alpha value is -0.690. The number of carbonyl (C=O) groups excluding carboxylic acids is 1. The van der Waals surface area contributed by atoms with Crippen molar-refractivity contribution in [1.29, 1.82) is 0 Å². The molecule has 4 atom stereocenters. The summed E-state index contributed by atoms with van der Waals surface area (Å²) in [6, 6.07) is -0.941. The fourth-order valence-electron chi connectivity index (χ4n) is 1.27. The van der Waals surface area contributed by atoms with Crippen LogP contribution in [0.15, 0.2) is 0 Å². The van der Waals surface area contributed by atoms with Crippen LogP contribution < -0.4 is 5.32 Å². The number of aliphatic hydroxyl groups is 4. The Kier molecular flexibility index (Phi) is 6.42. The van der Waals surface area contributed by atoms with E-state index in [0.717, 1.165) is 0 Å². The molecular formula is C9H19NO5. The summed E-state index contributed by atoms with van der Waals surface area (Å²) in [5.74, 6) is -0.406. The summed E-state index contributed by atoms with van der Waals surface area (Å²) in [4.78, 5) is 10.8. The van der Waals surface area contributed by atoms with Gasteiger partial charge in [-0.15, -0.1) is 0 Å². The summed E-state index contributed by atoms with van der Waals surface area (Å²) in [7, 11) is 0. The van der Waals surface area contributed by atoms with Crippen LogP contribution in [0.1, 0.15) is 20.3 Å². The van der Waals surface area contributed by atoms with E-state index in [-0.39, 0.29) is 13.0 Å². The zero-order valence-corrected chi connectivity index (χ0v) is 8.92. The number of amides is 1. The van der Waals surface area contributed by atoms with Crippen molar-refractivity contribution in [1.82, 2.24) is 5.32 Å². The van der Waals surface area contributed by atoms with E-state index in [1.807, 2.05) is 0 Å². The van der Waals surface area contributed by atoms with Crippen LogP contribution in [0.4, 0.5) is 0 Å². The minimum atomic E-state index is -1.30. The number of carbonyl (C=O) groups is 1. The van der Waals surface area contributed by atoms with Crippen LogP contribution in [-0.4, -0.2) is 57.3 Å². The lowest BCUT2D eigenvalue weighted by Gasteiger charge is -2.29. The van der Waals surface area contributed by atoms with Crippen LogP contribution in [0.2, 0.25) is 0 Å². The molecule has 0 aromatic heterocycles. The van der Waals surface area contributed by atoms with Gasteiger partial charge in [-0.3, -0.25) is 4.79 Å². The number of hydrogen-bond donors (Lipinski definition) is 5. The molecule has 0 aromatic carbocycles. The maximum Gasteiger partial charge on any atom is 0.217 e. The summed E-state index contributed by atoms with van der Waals surface area (Å²) in [6.45, 7) is 2.38. The molecule has 15 heavy (non-hydrogen) atoms. The van der Waals surface area contributed by atoms with E-state index in [2.05, 4.69) is 5.32 Å². The molecule has 0 radical (unpaired) electrons. The second-order valence-corrected chi connectivity index (χ2v) is 3.54. The van der Waals surface area contributed by atoms with Crippen LogP contribution in [0.25, 0.3) is 0 Å². The Morgan fingerprint density at radius 1 is 1.33 bits per heavy atom. The summed E-state index contributed by atoms with van der Waals surface area (Å²) in [5.41, 5.74) is 0. The Morgan fingerprint density at radius 2 is 1.87 bits per heavy atom. The predicted octanol–water partition coefficient (Wildman–Crippen LogP) is -2.02. The molecule has 0 aliphatic rings. The third kappa shape index (κ3) is 5.08. The van der Waals surface area contributed by atoms with Gasteiger partial charge >= 0.3 is 0 Å². The van der Waals surface area contributed by atoms with Gasteiger partial charge in [-0.05, 0) is 13.3 Å². The normalized spacial score (nSPS) is 19.1. The molecule has 0 rings (SSSR count). The molecule has 6 nitrogen and oxygen atoms in total. The Balaban J connectivity index is 4.40. The molecule has 0 heterocycles. The Bertz CT molecular complexity index is 197. The zero-order valence-electron chi connectivity index (χ0n) is 8.92. The van der Waals surface area contributed by atoms with Crippen LogP contribution in [-0.2, 0) is 4.79 Å². The molecule has 0 aliphatic heterocycles. The van der Waals surface area contributed by atoms with Crippen LogP contribution in [0, 0.1) is 0 Å². The molecule has 5 N–H and O–H groups in total. The van der Waals surface area contributed by atoms with Gasteiger partial charge in [0.05, 0.1) is 18.2 Å². The number of rotatable bonds is 6. The summed E-state index contributed by atoms with van der Waals surface area (Å²) >= 11 is 0. The van der Waals surface area contributed by atoms with Crippen molar-refractivity contribution in [3.05, 3.63) is 0 Å². The van der Waals surface area contributed by atoms with E-state index in [0.29, 0.717) is 0 Å². The topological polar surface area (TPSA) is 110 Å². The highest BCUT2D eigenvalue weighted by molar-refractivity contribution is 5.73. The molecule has 0 aliphatic carbocycles. The van der Waals surface area contributed by atoms with Crippen molar-refractivity contribution in [2.45, 2.75) is 44.6 Å². The maximum atomic E-state index is 10.8. The Morgan fingerprint density at radius 3 is 2.20 bits per heavy atom. The molecule has 0 spiro atoms. The average molecular weight is 221 g/mol. The molecule has 0 saturated heterocycles. The fourth-order valence-corrected chi connectivity index (χ4v) is 1.27. The number of aliphatic hydroxyl groups excluding tert-OH is 4. The van der Waals surface area contributed by atoms with Gasteiger partial charge in [-0.1, -0.05) is 0 Å². The van der Waals surface area contributed by atoms with E-state index >= 15 is 0 Å². The minimum absolute atomic E-state index is 0.00995. The summed E-state index contributed by atoms with van der Waals surface area (Å²) in [5, 5.41) is 39.2. The molecule has 0 bridgehead atoms. The van der Waals surface area contributed by atoms with Crippen molar-refractivity contribution in [3.8, 4) is 0 Å². The molecule has 0 aromatic rings. The number of nitrogens with one attached hydrogen (secondary N) is 1. The van der Waals surface area contributed by atoms with Crippen LogP contribution in [0.3, 0.4) is 0 Å². The second kappa shape index (κ2) is 6.73. The van der Waals surface area contributed by atoms with Crippen molar-refractivity contribution in [2.75, 3.05) is 6.61 Å². The first-order chi connectivity index (χ1) is 6.90. The molecule has 0 fully saturated rings. The van der Waals surface area contributed by atoms with Gasteiger partial charge in [-0.25, -0.2) is 0 Å². The highest BCUT2D eigenvalue weighted by Crippen LogP contribution is 2.07. The third-order valence-corrected chi connectivity index (χ3v) is 2.08. The summed E-state index contributed by atoms with van der Waals surface area (Å²) in [6.07, 6.45) is -3.48. The van der Waals surface area contributed by atoms with Crippen molar-refractivity contribution in [2.24, 2.45) is 0 Å². The summed E-state index contributed by atoms with van der Waals surface area (Å²) < 4.78 is 0. The van der Waals surface area contributed by atoms with Gasteiger partial charge in [0.25, 0.3) is 0 Å². The van der Waals surface area contributed by atoms with E-state index in [1.54, 1.807) is 0 Å². The van der Waals surface area contributed by atoms with E-state index in [9.17, 15) is 20.1 Å². The average Bonchev–Trinajstić information content (AvgIpc) is 2.12. The van der Waals surface area contributed by atoms with Crippen LogP contribution in [0.5, 0.6) is 0 Å². The highest BCUT2D eigenvalue weighted by atomic mass is 16.3. The minimum Gasteiger partial charge on any atom is -0.396 e. The highest BCUT2D eigenvalue weighted by Gasteiger charge is 2.30. The first-order valence-electron chi connectivity index (χ1n) is 4.82. The first kappa shape index (κ1) is 14.3.